The predicted molar refractivity (Wildman–Crippen MR) is 99.7 cm³/mol. The van der Waals surface area contributed by atoms with Crippen molar-refractivity contribution in [2.24, 2.45) is 0 Å². The number of hydrogen-bond donors (Lipinski definition) is 0. The molecular weight excluding hydrogens is 348 g/mol. The summed E-state index contributed by atoms with van der Waals surface area (Å²) in [5.41, 5.74) is 4.19. The molecule has 0 atom stereocenters. The highest BCUT2D eigenvalue weighted by Gasteiger charge is 2.19. The molecule has 1 aromatic heterocycles. The number of morpholine rings is 1. The molecule has 2 aromatic carbocycles. The number of aromatic nitrogens is 2. The van der Waals surface area contributed by atoms with Crippen molar-refractivity contribution >= 4 is 0 Å². The summed E-state index contributed by atoms with van der Waals surface area (Å²) in [6.07, 6.45) is 1.84. The van der Waals surface area contributed by atoms with Crippen molar-refractivity contribution in [2.45, 2.75) is 13.5 Å². The molecule has 6 heteroatoms. The molecule has 2 heterocycles. The van der Waals surface area contributed by atoms with E-state index in [2.05, 4.69) is 10.00 Å². The predicted octanol–water partition coefficient (Wildman–Crippen LogP) is 3.96. The lowest BCUT2D eigenvalue weighted by atomic mass is 10.0. The molecule has 1 aliphatic heterocycles. The van der Waals surface area contributed by atoms with E-state index in [9.17, 15) is 8.78 Å². The maximum absolute atomic E-state index is 14.3. The van der Waals surface area contributed by atoms with Gasteiger partial charge in [-0.15, -0.1) is 0 Å². The Morgan fingerprint density at radius 3 is 2.59 bits per heavy atom. The molecule has 0 unspecified atom stereocenters. The van der Waals surface area contributed by atoms with Gasteiger partial charge in [0.05, 0.1) is 18.9 Å². The smallest absolute Gasteiger partial charge is 0.151 e. The Hall–Kier alpha value is -2.57. The van der Waals surface area contributed by atoms with E-state index in [1.165, 1.54) is 16.8 Å². The van der Waals surface area contributed by atoms with Crippen LogP contribution in [0.3, 0.4) is 0 Å². The first-order valence-corrected chi connectivity index (χ1v) is 9.02. The zero-order valence-corrected chi connectivity index (χ0v) is 15.2. The third kappa shape index (κ3) is 3.77. The lowest BCUT2D eigenvalue weighted by Crippen LogP contribution is -2.35. The van der Waals surface area contributed by atoms with Crippen LogP contribution in [-0.2, 0) is 11.3 Å². The first kappa shape index (κ1) is 17.8. The van der Waals surface area contributed by atoms with Gasteiger partial charge in [0.25, 0.3) is 0 Å². The van der Waals surface area contributed by atoms with Gasteiger partial charge in [0, 0.05) is 43.0 Å². The summed E-state index contributed by atoms with van der Waals surface area (Å²) in [7, 11) is 0. The Bertz CT molecular complexity index is 948. The van der Waals surface area contributed by atoms with E-state index in [4.69, 9.17) is 4.74 Å². The summed E-state index contributed by atoms with van der Waals surface area (Å²) in [5, 5.41) is 4.66. The maximum Gasteiger partial charge on any atom is 0.151 e. The van der Waals surface area contributed by atoms with Crippen LogP contribution >= 0.6 is 0 Å². The van der Waals surface area contributed by atoms with Crippen LogP contribution in [0.5, 0.6) is 0 Å². The normalized spacial score (nSPS) is 15.2. The molecule has 0 spiro atoms. The van der Waals surface area contributed by atoms with E-state index in [0.717, 1.165) is 41.5 Å². The highest BCUT2D eigenvalue weighted by molar-refractivity contribution is 5.66. The summed E-state index contributed by atoms with van der Waals surface area (Å²) in [6.45, 7) is 5.86. The fourth-order valence-corrected chi connectivity index (χ4v) is 3.38. The average molecular weight is 369 g/mol. The van der Waals surface area contributed by atoms with E-state index in [1.807, 2.05) is 37.4 Å². The number of ether oxygens (including phenoxy) is 1. The number of halogens is 2. The van der Waals surface area contributed by atoms with Crippen molar-refractivity contribution < 1.29 is 13.5 Å². The van der Waals surface area contributed by atoms with Crippen molar-refractivity contribution in [2.75, 3.05) is 26.3 Å². The van der Waals surface area contributed by atoms with Gasteiger partial charge in [0.15, 0.2) is 5.82 Å². The van der Waals surface area contributed by atoms with E-state index in [-0.39, 0.29) is 5.69 Å². The van der Waals surface area contributed by atoms with Crippen molar-refractivity contribution in [3.05, 3.63) is 71.4 Å². The Balaban J connectivity index is 1.77. The summed E-state index contributed by atoms with van der Waals surface area (Å²) >= 11 is 0. The second-order valence-corrected chi connectivity index (χ2v) is 6.75. The number of rotatable bonds is 4. The third-order valence-corrected chi connectivity index (χ3v) is 4.84. The molecule has 4 rings (SSSR count). The highest BCUT2D eigenvalue weighted by atomic mass is 19.1. The minimum absolute atomic E-state index is 0.236. The summed E-state index contributed by atoms with van der Waals surface area (Å²) in [5.74, 6) is -1.23. The average Bonchev–Trinajstić information content (AvgIpc) is 3.06. The monoisotopic (exact) mass is 369 g/mol. The molecule has 4 nitrogen and oxygen atoms in total. The van der Waals surface area contributed by atoms with Gasteiger partial charge >= 0.3 is 0 Å². The second-order valence-electron chi connectivity index (χ2n) is 6.75. The molecule has 1 saturated heterocycles. The Kier molecular flexibility index (Phi) is 5.01. The zero-order valence-electron chi connectivity index (χ0n) is 15.2. The van der Waals surface area contributed by atoms with Crippen LogP contribution in [0.4, 0.5) is 8.78 Å². The summed E-state index contributed by atoms with van der Waals surface area (Å²) < 4.78 is 34.5. The summed E-state index contributed by atoms with van der Waals surface area (Å²) in [6, 6.07) is 11.5. The molecule has 27 heavy (non-hydrogen) atoms. The molecule has 0 amide bonds. The molecule has 0 N–H and O–H groups in total. The first-order valence-electron chi connectivity index (χ1n) is 9.02. The Morgan fingerprint density at radius 1 is 1.07 bits per heavy atom. The molecule has 3 aromatic rings. The SMILES string of the molecule is Cc1ccccc1-c1nn(-c2ccc(F)cc2F)cc1CN1CCOCC1. The number of hydrogen-bond acceptors (Lipinski definition) is 3. The zero-order chi connectivity index (χ0) is 18.8. The van der Waals surface area contributed by atoms with Gasteiger partial charge in [0.2, 0.25) is 0 Å². The number of nitrogens with zero attached hydrogens (tertiary/aromatic N) is 3. The molecule has 0 bridgehead atoms. The van der Waals surface area contributed by atoms with Gasteiger partial charge in [-0.05, 0) is 24.6 Å². The van der Waals surface area contributed by atoms with Gasteiger partial charge in [-0.3, -0.25) is 4.90 Å². The lowest BCUT2D eigenvalue weighted by Gasteiger charge is -2.26. The van der Waals surface area contributed by atoms with Gasteiger partial charge in [-0.25, -0.2) is 13.5 Å². The van der Waals surface area contributed by atoms with E-state index < -0.39 is 11.6 Å². The molecule has 140 valence electrons. The van der Waals surface area contributed by atoms with Gasteiger partial charge < -0.3 is 4.74 Å². The molecule has 1 aliphatic rings. The van der Waals surface area contributed by atoms with Gasteiger partial charge in [-0.2, -0.15) is 5.10 Å². The van der Waals surface area contributed by atoms with Crippen molar-refractivity contribution in [1.82, 2.24) is 14.7 Å². The number of benzene rings is 2. The molecule has 1 fully saturated rings. The lowest BCUT2D eigenvalue weighted by molar-refractivity contribution is 0.0342. The van der Waals surface area contributed by atoms with Crippen LogP contribution in [-0.4, -0.2) is 41.0 Å². The topological polar surface area (TPSA) is 30.3 Å². The van der Waals surface area contributed by atoms with Crippen LogP contribution in [0.15, 0.2) is 48.7 Å². The van der Waals surface area contributed by atoms with Crippen molar-refractivity contribution in [1.29, 1.82) is 0 Å². The molecule has 0 radical (unpaired) electrons. The van der Waals surface area contributed by atoms with Crippen LogP contribution in [0.2, 0.25) is 0 Å². The minimum atomic E-state index is -0.633. The second kappa shape index (κ2) is 7.58. The highest BCUT2D eigenvalue weighted by Crippen LogP contribution is 2.28. The Labute approximate surface area is 157 Å². The standard InChI is InChI=1S/C21H21F2N3O/c1-15-4-2-3-5-18(15)21-16(13-25-8-10-27-11-9-25)14-26(24-21)20-7-6-17(22)12-19(20)23/h2-7,12,14H,8-11,13H2,1H3. The van der Waals surface area contributed by atoms with Crippen molar-refractivity contribution in [3.63, 3.8) is 0 Å². The minimum Gasteiger partial charge on any atom is -0.379 e. The Morgan fingerprint density at radius 2 is 1.85 bits per heavy atom. The van der Waals surface area contributed by atoms with Crippen LogP contribution in [0.1, 0.15) is 11.1 Å². The first-order chi connectivity index (χ1) is 13.1. The third-order valence-electron chi connectivity index (χ3n) is 4.84. The van der Waals surface area contributed by atoms with Crippen LogP contribution in [0.25, 0.3) is 16.9 Å². The van der Waals surface area contributed by atoms with E-state index >= 15 is 0 Å². The maximum atomic E-state index is 14.3. The molecular formula is C21H21F2N3O. The molecule has 0 aliphatic carbocycles. The number of aryl methyl sites for hydroxylation is 1. The fourth-order valence-electron chi connectivity index (χ4n) is 3.38. The van der Waals surface area contributed by atoms with Crippen molar-refractivity contribution in [3.8, 4) is 16.9 Å². The van der Waals surface area contributed by atoms with E-state index in [0.29, 0.717) is 19.8 Å². The van der Waals surface area contributed by atoms with Crippen LogP contribution in [0, 0.1) is 18.6 Å². The molecule has 0 saturated carbocycles. The van der Waals surface area contributed by atoms with Gasteiger partial charge in [0.1, 0.15) is 11.5 Å². The summed E-state index contributed by atoms with van der Waals surface area (Å²) in [4.78, 5) is 2.30. The van der Waals surface area contributed by atoms with E-state index in [1.54, 1.807) is 0 Å². The quantitative estimate of drug-likeness (QED) is 0.697. The largest absolute Gasteiger partial charge is 0.379 e. The van der Waals surface area contributed by atoms with Gasteiger partial charge in [-0.1, -0.05) is 24.3 Å². The van der Waals surface area contributed by atoms with Crippen LogP contribution < -0.4 is 0 Å². The fraction of sp³-hybridized carbons (Fsp3) is 0.286.